The van der Waals surface area contributed by atoms with E-state index in [-0.39, 0.29) is 0 Å². The fourth-order valence-electron chi connectivity index (χ4n) is 1.20. The van der Waals surface area contributed by atoms with Gasteiger partial charge in [-0.05, 0) is 18.7 Å². The van der Waals surface area contributed by atoms with Crippen LogP contribution in [0.4, 0.5) is 0 Å². The molecule has 0 amide bonds. The fourth-order valence-corrected chi connectivity index (χ4v) is 1.20. The molecule has 2 aromatic rings. The van der Waals surface area contributed by atoms with Crippen molar-refractivity contribution < 1.29 is 4.42 Å². The maximum atomic E-state index is 5.42. The van der Waals surface area contributed by atoms with Gasteiger partial charge in [0.2, 0.25) is 5.89 Å². The Morgan fingerprint density at radius 2 is 2.07 bits per heavy atom. The average molecular weight is 189 g/mol. The molecular weight excluding hydrogens is 178 g/mol. The topological polar surface area (TPSA) is 64.9 Å². The summed E-state index contributed by atoms with van der Waals surface area (Å²) in [5.74, 6) is 0.621. The van der Waals surface area contributed by atoms with Crippen molar-refractivity contribution in [3.8, 4) is 11.5 Å². The van der Waals surface area contributed by atoms with Gasteiger partial charge in [0.25, 0.3) is 0 Å². The van der Waals surface area contributed by atoms with E-state index in [2.05, 4.69) is 9.97 Å². The molecule has 0 spiro atoms. The third kappa shape index (κ3) is 1.80. The Bertz CT molecular complexity index is 397. The third-order valence-electron chi connectivity index (χ3n) is 1.88. The van der Waals surface area contributed by atoms with Crippen LogP contribution in [0, 0.1) is 0 Å². The van der Waals surface area contributed by atoms with Crippen LogP contribution in [0.25, 0.3) is 11.5 Å². The number of nitrogens with zero attached hydrogens (tertiary/aromatic N) is 2. The summed E-state index contributed by atoms with van der Waals surface area (Å²) < 4.78 is 5.31. The zero-order valence-corrected chi connectivity index (χ0v) is 7.68. The highest BCUT2D eigenvalue weighted by Gasteiger charge is 2.04. The molecule has 0 bridgehead atoms. The molecule has 0 aliphatic heterocycles. The molecule has 4 nitrogen and oxygen atoms in total. The lowest BCUT2D eigenvalue weighted by molar-refractivity contribution is 0.572. The van der Waals surface area contributed by atoms with Crippen molar-refractivity contribution in [1.29, 1.82) is 0 Å². The Balaban J connectivity index is 2.25. The van der Waals surface area contributed by atoms with Crippen molar-refractivity contribution in [1.82, 2.24) is 9.97 Å². The lowest BCUT2D eigenvalue weighted by atomic mass is 10.3. The molecule has 0 fully saturated rings. The highest BCUT2D eigenvalue weighted by molar-refractivity contribution is 5.51. The van der Waals surface area contributed by atoms with Gasteiger partial charge in [0.15, 0.2) is 0 Å². The van der Waals surface area contributed by atoms with Crippen molar-refractivity contribution >= 4 is 0 Å². The summed E-state index contributed by atoms with van der Waals surface area (Å²) in [4.78, 5) is 8.22. The molecule has 0 aliphatic rings. The van der Waals surface area contributed by atoms with E-state index < -0.39 is 0 Å². The zero-order chi connectivity index (χ0) is 9.80. The summed E-state index contributed by atoms with van der Waals surface area (Å²) in [6.07, 6.45) is 5.81. The first-order chi connectivity index (χ1) is 6.90. The van der Waals surface area contributed by atoms with Gasteiger partial charge in [-0.1, -0.05) is 0 Å². The molecule has 0 unspecified atom stereocenters. The van der Waals surface area contributed by atoms with Gasteiger partial charge in [-0.3, -0.25) is 4.98 Å². The van der Waals surface area contributed by atoms with Gasteiger partial charge in [-0.15, -0.1) is 0 Å². The Kier molecular flexibility index (Phi) is 2.55. The first-order valence-corrected chi connectivity index (χ1v) is 4.45. The molecule has 4 heteroatoms. The van der Waals surface area contributed by atoms with E-state index in [4.69, 9.17) is 10.2 Å². The van der Waals surface area contributed by atoms with Crippen molar-refractivity contribution in [3.05, 3.63) is 36.5 Å². The summed E-state index contributed by atoms with van der Waals surface area (Å²) in [6, 6.07) is 3.72. The van der Waals surface area contributed by atoms with Crippen LogP contribution < -0.4 is 5.73 Å². The summed E-state index contributed by atoms with van der Waals surface area (Å²) in [7, 11) is 0. The predicted molar refractivity (Wildman–Crippen MR) is 52.5 cm³/mol. The van der Waals surface area contributed by atoms with Crippen LogP contribution in [0.1, 0.15) is 5.69 Å². The number of pyridine rings is 1. The molecule has 0 aromatic carbocycles. The molecular formula is C10H11N3O. The molecule has 0 atom stereocenters. The summed E-state index contributed by atoms with van der Waals surface area (Å²) in [5.41, 5.74) is 7.24. The molecule has 14 heavy (non-hydrogen) atoms. The normalized spacial score (nSPS) is 10.4. The van der Waals surface area contributed by atoms with Crippen LogP contribution in [-0.4, -0.2) is 16.5 Å². The number of hydrogen-bond acceptors (Lipinski definition) is 4. The SMILES string of the molecule is NCCc1coc(-c2ccncc2)n1. The fraction of sp³-hybridized carbons (Fsp3) is 0.200. The molecule has 0 radical (unpaired) electrons. The molecule has 2 aromatic heterocycles. The summed E-state index contributed by atoms with van der Waals surface area (Å²) in [5, 5.41) is 0. The Morgan fingerprint density at radius 3 is 2.79 bits per heavy atom. The van der Waals surface area contributed by atoms with Crippen molar-refractivity contribution in [2.24, 2.45) is 5.73 Å². The van der Waals surface area contributed by atoms with Gasteiger partial charge in [0, 0.05) is 24.4 Å². The van der Waals surface area contributed by atoms with Gasteiger partial charge in [-0.2, -0.15) is 0 Å². The van der Waals surface area contributed by atoms with Gasteiger partial charge in [0.05, 0.1) is 5.69 Å². The first-order valence-electron chi connectivity index (χ1n) is 4.45. The minimum absolute atomic E-state index is 0.586. The van der Waals surface area contributed by atoms with E-state index in [1.807, 2.05) is 12.1 Å². The molecule has 0 aliphatic carbocycles. The third-order valence-corrected chi connectivity index (χ3v) is 1.88. The van der Waals surface area contributed by atoms with Gasteiger partial charge in [-0.25, -0.2) is 4.98 Å². The summed E-state index contributed by atoms with van der Waals surface area (Å²) in [6.45, 7) is 0.586. The monoisotopic (exact) mass is 189 g/mol. The molecule has 0 saturated heterocycles. The van der Waals surface area contributed by atoms with Crippen LogP contribution in [-0.2, 0) is 6.42 Å². The molecule has 72 valence electrons. The first kappa shape index (κ1) is 8.90. The largest absolute Gasteiger partial charge is 0.444 e. The van der Waals surface area contributed by atoms with E-state index >= 15 is 0 Å². The van der Waals surface area contributed by atoms with E-state index in [1.165, 1.54) is 0 Å². The van der Waals surface area contributed by atoms with Crippen LogP contribution in [0.2, 0.25) is 0 Å². The quantitative estimate of drug-likeness (QED) is 0.788. The van der Waals surface area contributed by atoms with Gasteiger partial charge < -0.3 is 10.2 Å². The minimum atomic E-state index is 0.586. The van der Waals surface area contributed by atoms with E-state index in [0.29, 0.717) is 12.4 Å². The number of nitrogens with two attached hydrogens (primary N) is 1. The minimum Gasteiger partial charge on any atom is -0.444 e. The molecule has 2 N–H and O–H groups in total. The van der Waals surface area contributed by atoms with Crippen molar-refractivity contribution in [2.75, 3.05) is 6.54 Å². The van der Waals surface area contributed by atoms with Crippen LogP contribution >= 0.6 is 0 Å². The maximum Gasteiger partial charge on any atom is 0.226 e. The molecule has 2 heterocycles. The number of hydrogen-bond donors (Lipinski definition) is 1. The second-order valence-corrected chi connectivity index (χ2v) is 2.92. The van der Waals surface area contributed by atoms with E-state index in [9.17, 15) is 0 Å². The van der Waals surface area contributed by atoms with E-state index in [1.54, 1.807) is 18.7 Å². The highest BCUT2D eigenvalue weighted by Crippen LogP contribution is 2.17. The van der Waals surface area contributed by atoms with Crippen molar-refractivity contribution in [3.63, 3.8) is 0 Å². The average Bonchev–Trinajstić information content (AvgIpc) is 2.68. The Hall–Kier alpha value is -1.68. The standard InChI is InChI=1S/C10H11N3O/c11-4-1-9-7-14-10(13-9)8-2-5-12-6-3-8/h2-3,5-7H,1,4,11H2. The lowest BCUT2D eigenvalue weighted by Crippen LogP contribution is -2.02. The number of aromatic nitrogens is 2. The van der Waals surface area contributed by atoms with Crippen LogP contribution in [0.3, 0.4) is 0 Å². The van der Waals surface area contributed by atoms with E-state index in [0.717, 1.165) is 17.7 Å². The smallest absolute Gasteiger partial charge is 0.226 e. The van der Waals surface area contributed by atoms with Gasteiger partial charge in [0.1, 0.15) is 6.26 Å². The maximum absolute atomic E-state index is 5.42. The molecule has 0 saturated carbocycles. The number of oxazole rings is 1. The highest BCUT2D eigenvalue weighted by atomic mass is 16.3. The second kappa shape index (κ2) is 4.02. The zero-order valence-electron chi connectivity index (χ0n) is 7.68. The lowest BCUT2D eigenvalue weighted by Gasteiger charge is -1.91. The Morgan fingerprint density at radius 1 is 1.29 bits per heavy atom. The van der Waals surface area contributed by atoms with Gasteiger partial charge >= 0.3 is 0 Å². The second-order valence-electron chi connectivity index (χ2n) is 2.92. The van der Waals surface area contributed by atoms with Crippen molar-refractivity contribution in [2.45, 2.75) is 6.42 Å². The summed E-state index contributed by atoms with van der Waals surface area (Å²) >= 11 is 0. The van der Waals surface area contributed by atoms with Crippen LogP contribution in [0.15, 0.2) is 35.2 Å². The predicted octanol–water partition coefficient (Wildman–Crippen LogP) is 1.24. The number of rotatable bonds is 3. The molecule has 2 rings (SSSR count). The van der Waals surface area contributed by atoms with Crippen LogP contribution in [0.5, 0.6) is 0 Å². The Labute approximate surface area is 81.8 Å².